The van der Waals surface area contributed by atoms with Crippen LogP contribution in [0.3, 0.4) is 0 Å². The van der Waals surface area contributed by atoms with Crippen molar-refractivity contribution < 1.29 is 9.18 Å². The van der Waals surface area contributed by atoms with Crippen molar-refractivity contribution >= 4 is 28.7 Å². The number of amides is 2. The summed E-state index contributed by atoms with van der Waals surface area (Å²) in [6, 6.07) is 13.2. The van der Waals surface area contributed by atoms with Crippen molar-refractivity contribution in [2.24, 2.45) is 0 Å². The Bertz CT molecular complexity index is 1170. The lowest BCUT2D eigenvalue weighted by Crippen LogP contribution is -2.46. The van der Waals surface area contributed by atoms with E-state index in [1.54, 1.807) is 6.07 Å². The van der Waals surface area contributed by atoms with Gasteiger partial charge in [0.1, 0.15) is 11.6 Å². The first-order chi connectivity index (χ1) is 16.8. The lowest BCUT2D eigenvalue weighted by atomic mass is 9.91. The number of hydrogen-bond donors (Lipinski definition) is 4. The van der Waals surface area contributed by atoms with Crippen LogP contribution in [0.5, 0.6) is 0 Å². The molecule has 0 spiro atoms. The average molecular weight is 479 g/mol. The molecule has 1 heterocycles. The first-order valence-electron chi connectivity index (χ1n) is 12.4. The molecule has 0 radical (unpaired) electrons. The summed E-state index contributed by atoms with van der Waals surface area (Å²) in [5.74, 6) is 1.08. The number of carbonyl (C=O) groups is 1. The highest BCUT2D eigenvalue weighted by atomic mass is 19.1. The summed E-state index contributed by atoms with van der Waals surface area (Å²) >= 11 is 0. The molecule has 8 heteroatoms. The fraction of sp³-hybridized carbons (Fsp3) is 0.444. The second-order valence-electron chi connectivity index (χ2n) is 9.90. The number of carbonyl (C=O) groups excluding carboxylic acids is 1. The Morgan fingerprint density at radius 1 is 0.914 bits per heavy atom. The molecule has 0 unspecified atom stereocenters. The third-order valence-electron chi connectivity index (χ3n) is 6.09. The van der Waals surface area contributed by atoms with Gasteiger partial charge >= 0.3 is 6.03 Å². The zero-order chi connectivity index (χ0) is 24.9. The normalized spacial score (nSPS) is 18.0. The van der Waals surface area contributed by atoms with E-state index in [1.807, 2.05) is 38.1 Å². The van der Waals surface area contributed by atoms with E-state index in [0.29, 0.717) is 5.95 Å². The Labute approximate surface area is 206 Å². The fourth-order valence-electron chi connectivity index (χ4n) is 4.47. The molecule has 7 nitrogen and oxygen atoms in total. The lowest BCUT2D eigenvalue weighted by Gasteiger charge is -2.30. The van der Waals surface area contributed by atoms with Crippen LogP contribution in [0.2, 0.25) is 0 Å². The van der Waals surface area contributed by atoms with Crippen molar-refractivity contribution in [2.75, 3.05) is 10.6 Å². The van der Waals surface area contributed by atoms with Crippen molar-refractivity contribution in [3.8, 4) is 11.1 Å². The molecule has 3 aromatic rings. The van der Waals surface area contributed by atoms with Gasteiger partial charge in [0.2, 0.25) is 5.95 Å². The van der Waals surface area contributed by atoms with E-state index in [4.69, 9.17) is 9.97 Å². The fourth-order valence-corrected chi connectivity index (χ4v) is 4.47. The van der Waals surface area contributed by atoms with E-state index in [-0.39, 0.29) is 36.0 Å². The van der Waals surface area contributed by atoms with Crippen LogP contribution in [0.4, 0.5) is 21.0 Å². The third kappa shape index (κ3) is 6.59. The Morgan fingerprint density at radius 3 is 2.31 bits per heavy atom. The first kappa shape index (κ1) is 24.7. The number of anilines is 2. The van der Waals surface area contributed by atoms with E-state index in [2.05, 4.69) is 35.1 Å². The number of urea groups is 1. The van der Waals surface area contributed by atoms with Gasteiger partial charge in [-0.3, -0.25) is 0 Å². The Kier molecular flexibility index (Phi) is 7.68. The van der Waals surface area contributed by atoms with Gasteiger partial charge in [-0.1, -0.05) is 18.2 Å². The monoisotopic (exact) mass is 478 g/mol. The topological polar surface area (TPSA) is 91.0 Å². The second kappa shape index (κ2) is 10.9. The molecular weight excluding hydrogens is 443 g/mol. The second-order valence-corrected chi connectivity index (χ2v) is 9.90. The highest BCUT2D eigenvalue weighted by molar-refractivity contribution is 5.93. The SMILES string of the molecule is CC(C)NC(=O)NC1CCC(Nc2nc(NC(C)C)nc3ccc(-c4cccc(F)c4)cc23)CC1. The maximum absolute atomic E-state index is 13.8. The molecule has 0 atom stereocenters. The molecular formula is C27H35FN6O. The van der Waals surface area contributed by atoms with Gasteiger partial charge in [0.05, 0.1) is 5.52 Å². The van der Waals surface area contributed by atoms with Gasteiger partial charge in [-0.15, -0.1) is 0 Å². The molecule has 1 fully saturated rings. The van der Waals surface area contributed by atoms with Gasteiger partial charge in [-0.25, -0.2) is 14.2 Å². The molecule has 4 N–H and O–H groups in total. The maximum atomic E-state index is 13.8. The molecule has 2 aromatic carbocycles. The summed E-state index contributed by atoms with van der Waals surface area (Å²) in [5, 5.41) is 13.8. The highest BCUT2D eigenvalue weighted by Crippen LogP contribution is 2.31. The quantitative estimate of drug-likeness (QED) is 0.350. The zero-order valence-electron chi connectivity index (χ0n) is 20.9. The van der Waals surface area contributed by atoms with Crippen molar-refractivity contribution in [1.29, 1.82) is 0 Å². The number of rotatable bonds is 7. The van der Waals surface area contributed by atoms with E-state index in [1.165, 1.54) is 12.1 Å². The van der Waals surface area contributed by atoms with E-state index >= 15 is 0 Å². The van der Waals surface area contributed by atoms with Crippen molar-refractivity contribution in [3.63, 3.8) is 0 Å². The van der Waals surface area contributed by atoms with Crippen LogP contribution in [-0.2, 0) is 0 Å². The first-order valence-corrected chi connectivity index (χ1v) is 12.4. The van der Waals surface area contributed by atoms with Crippen LogP contribution >= 0.6 is 0 Å². The summed E-state index contributed by atoms with van der Waals surface area (Å²) in [6.07, 6.45) is 3.65. The number of nitrogens with zero attached hydrogens (tertiary/aromatic N) is 2. The standard InChI is InChI=1S/C27H35FN6O/c1-16(2)29-26-33-24-13-8-19(18-6-5-7-20(28)14-18)15-23(24)25(34-26)31-21-9-11-22(12-10-21)32-27(35)30-17(3)4/h5-8,13-17,21-22H,9-12H2,1-4H3,(H2,30,32,35)(H2,29,31,33,34). The van der Waals surface area contributed by atoms with E-state index in [9.17, 15) is 9.18 Å². The smallest absolute Gasteiger partial charge is 0.315 e. The van der Waals surface area contributed by atoms with Crippen LogP contribution in [0.25, 0.3) is 22.0 Å². The number of fused-ring (bicyclic) bond motifs is 1. The largest absolute Gasteiger partial charge is 0.367 e. The lowest BCUT2D eigenvalue weighted by molar-refractivity contribution is 0.229. The number of nitrogens with one attached hydrogen (secondary N) is 4. The molecule has 2 amide bonds. The van der Waals surface area contributed by atoms with Crippen LogP contribution in [-0.4, -0.2) is 40.2 Å². The van der Waals surface area contributed by atoms with Crippen LogP contribution in [0, 0.1) is 5.82 Å². The van der Waals surface area contributed by atoms with Gasteiger partial charge in [0, 0.05) is 29.6 Å². The minimum atomic E-state index is -0.263. The maximum Gasteiger partial charge on any atom is 0.315 e. The van der Waals surface area contributed by atoms with E-state index in [0.717, 1.165) is 53.5 Å². The van der Waals surface area contributed by atoms with Gasteiger partial charge < -0.3 is 21.3 Å². The summed E-state index contributed by atoms with van der Waals surface area (Å²) in [5.41, 5.74) is 2.55. The van der Waals surface area contributed by atoms with Gasteiger partial charge in [-0.05, 0) is 88.8 Å². The molecule has 1 aromatic heterocycles. The van der Waals surface area contributed by atoms with Gasteiger partial charge in [0.15, 0.2) is 0 Å². The Balaban J connectivity index is 1.55. The molecule has 1 aliphatic carbocycles. The number of benzene rings is 2. The van der Waals surface area contributed by atoms with Crippen molar-refractivity contribution in [2.45, 2.75) is 77.5 Å². The Hall–Kier alpha value is -3.42. The summed E-state index contributed by atoms with van der Waals surface area (Å²) < 4.78 is 13.8. The minimum Gasteiger partial charge on any atom is -0.367 e. The van der Waals surface area contributed by atoms with Gasteiger partial charge in [-0.2, -0.15) is 4.98 Å². The predicted molar refractivity (Wildman–Crippen MR) is 140 cm³/mol. The predicted octanol–water partition coefficient (Wildman–Crippen LogP) is 5.69. The summed E-state index contributed by atoms with van der Waals surface area (Å²) in [7, 11) is 0. The van der Waals surface area contributed by atoms with Crippen LogP contribution in [0.15, 0.2) is 42.5 Å². The zero-order valence-corrected chi connectivity index (χ0v) is 20.9. The average Bonchev–Trinajstić information content (AvgIpc) is 2.79. The molecule has 1 aliphatic rings. The minimum absolute atomic E-state index is 0.104. The van der Waals surface area contributed by atoms with Gasteiger partial charge in [0.25, 0.3) is 0 Å². The Morgan fingerprint density at radius 2 is 1.63 bits per heavy atom. The molecule has 0 bridgehead atoms. The van der Waals surface area contributed by atoms with Crippen LogP contribution < -0.4 is 21.3 Å². The molecule has 35 heavy (non-hydrogen) atoms. The molecule has 0 aliphatic heterocycles. The van der Waals surface area contributed by atoms with Crippen molar-refractivity contribution in [1.82, 2.24) is 20.6 Å². The number of hydrogen-bond acceptors (Lipinski definition) is 5. The number of aromatic nitrogens is 2. The summed E-state index contributed by atoms with van der Waals surface area (Å²) in [4.78, 5) is 21.6. The van der Waals surface area contributed by atoms with Crippen LogP contribution in [0.1, 0.15) is 53.4 Å². The highest BCUT2D eigenvalue weighted by Gasteiger charge is 2.24. The third-order valence-corrected chi connectivity index (χ3v) is 6.09. The van der Waals surface area contributed by atoms with E-state index < -0.39 is 0 Å². The summed E-state index contributed by atoms with van der Waals surface area (Å²) in [6.45, 7) is 8.01. The number of halogens is 1. The molecule has 0 saturated heterocycles. The van der Waals surface area contributed by atoms with Crippen molar-refractivity contribution in [3.05, 3.63) is 48.3 Å². The molecule has 4 rings (SSSR count). The molecule has 1 saturated carbocycles. The molecule has 186 valence electrons.